The highest BCUT2D eigenvalue weighted by Gasteiger charge is 2.16. The number of thiophene rings is 1. The van der Waals surface area contributed by atoms with Gasteiger partial charge >= 0.3 is 0 Å². The first-order chi connectivity index (χ1) is 9.61. The number of carbonyl (C=O) groups is 1. The molecule has 0 aliphatic heterocycles. The quantitative estimate of drug-likeness (QED) is 0.855. The fourth-order valence-corrected chi connectivity index (χ4v) is 3.22. The molecule has 0 aliphatic carbocycles. The SMILES string of the molecule is Cc1cc(C(=O)NC(C)c2nccs2)sc1C#CCN. The predicted molar refractivity (Wildman–Crippen MR) is 83.0 cm³/mol. The molecule has 6 heteroatoms. The normalized spacial score (nSPS) is 11.6. The Bertz CT molecular complexity index is 650. The molecule has 0 saturated heterocycles. The van der Waals surface area contributed by atoms with Crippen LogP contribution in [0.4, 0.5) is 0 Å². The first kappa shape index (κ1) is 14.7. The first-order valence-electron chi connectivity index (χ1n) is 6.11. The summed E-state index contributed by atoms with van der Waals surface area (Å²) in [4.78, 5) is 17.9. The standard InChI is InChI=1S/C14H15N3OS2/c1-9-8-12(20-11(9)4-3-5-15)13(18)17-10(2)14-16-6-7-19-14/h6-8,10H,5,15H2,1-2H3,(H,17,18). The number of aromatic nitrogens is 1. The summed E-state index contributed by atoms with van der Waals surface area (Å²) in [6, 6.07) is 1.76. The van der Waals surface area contributed by atoms with Gasteiger partial charge in [-0.15, -0.1) is 22.7 Å². The largest absolute Gasteiger partial charge is 0.342 e. The fraction of sp³-hybridized carbons (Fsp3) is 0.286. The van der Waals surface area contributed by atoms with Gasteiger partial charge in [-0.3, -0.25) is 4.79 Å². The van der Waals surface area contributed by atoms with Crippen LogP contribution >= 0.6 is 22.7 Å². The van der Waals surface area contributed by atoms with Crippen molar-refractivity contribution in [2.75, 3.05) is 6.54 Å². The van der Waals surface area contributed by atoms with Gasteiger partial charge in [0, 0.05) is 11.6 Å². The highest BCUT2D eigenvalue weighted by atomic mass is 32.1. The van der Waals surface area contributed by atoms with Crippen molar-refractivity contribution in [2.45, 2.75) is 19.9 Å². The maximum atomic E-state index is 12.2. The molecule has 1 atom stereocenters. The molecule has 3 N–H and O–H groups in total. The summed E-state index contributed by atoms with van der Waals surface area (Å²) in [5.41, 5.74) is 6.36. The van der Waals surface area contributed by atoms with Crippen molar-refractivity contribution in [3.05, 3.63) is 38.0 Å². The Labute approximate surface area is 126 Å². The van der Waals surface area contributed by atoms with Crippen molar-refractivity contribution in [3.63, 3.8) is 0 Å². The highest BCUT2D eigenvalue weighted by molar-refractivity contribution is 7.14. The van der Waals surface area contributed by atoms with Crippen LogP contribution in [0, 0.1) is 18.8 Å². The smallest absolute Gasteiger partial charge is 0.261 e. The van der Waals surface area contributed by atoms with Gasteiger partial charge in [0.1, 0.15) is 5.01 Å². The molecule has 2 aromatic heterocycles. The Hall–Kier alpha value is -1.68. The second kappa shape index (κ2) is 6.66. The molecular weight excluding hydrogens is 290 g/mol. The third-order valence-electron chi connectivity index (χ3n) is 2.61. The van der Waals surface area contributed by atoms with E-state index in [1.54, 1.807) is 6.20 Å². The molecule has 0 bridgehead atoms. The number of thiazole rings is 1. The number of nitrogens with zero attached hydrogens (tertiary/aromatic N) is 1. The van der Waals surface area contributed by atoms with E-state index in [0.29, 0.717) is 11.4 Å². The molecule has 0 saturated carbocycles. The van der Waals surface area contributed by atoms with Crippen molar-refractivity contribution in [2.24, 2.45) is 5.73 Å². The second-order valence-electron chi connectivity index (χ2n) is 4.19. The van der Waals surface area contributed by atoms with Crippen molar-refractivity contribution < 1.29 is 4.79 Å². The molecule has 0 spiro atoms. The summed E-state index contributed by atoms with van der Waals surface area (Å²) in [6.07, 6.45) is 1.73. The lowest BCUT2D eigenvalue weighted by molar-refractivity contribution is 0.0944. The lowest BCUT2D eigenvalue weighted by Gasteiger charge is -2.09. The number of nitrogens with two attached hydrogens (primary N) is 1. The van der Waals surface area contributed by atoms with Gasteiger partial charge in [-0.1, -0.05) is 11.8 Å². The van der Waals surface area contributed by atoms with Gasteiger partial charge in [-0.25, -0.2) is 4.98 Å². The molecule has 2 aromatic rings. The zero-order chi connectivity index (χ0) is 14.5. The van der Waals surface area contributed by atoms with Crippen molar-refractivity contribution in [1.82, 2.24) is 10.3 Å². The van der Waals surface area contributed by atoms with Gasteiger partial charge in [-0.05, 0) is 25.5 Å². The molecule has 0 aliphatic rings. The number of rotatable bonds is 3. The monoisotopic (exact) mass is 305 g/mol. The van der Waals surface area contributed by atoms with E-state index < -0.39 is 0 Å². The van der Waals surface area contributed by atoms with Gasteiger partial charge < -0.3 is 11.1 Å². The number of carbonyl (C=O) groups excluding carboxylic acids is 1. The van der Waals surface area contributed by atoms with Crippen LogP contribution in [0.3, 0.4) is 0 Å². The highest BCUT2D eigenvalue weighted by Crippen LogP contribution is 2.22. The number of hydrogen-bond acceptors (Lipinski definition) is 5. The van der Waals surface area contributed by atoms with Crippen molar-refractivity contribution >= 4 is 28.6 Å². The second-order valence-corrected chi connectivity index (χ2v) is 6.17. The van der Waals surface area contributed by atoms with E-state index in [-0.39, 0.29) is 11.9 Å². The lowest BCUT2D eigenvalue weighted by atomic mass is 10.2. The minimum atomic E-state index is -0.0957. The van der Waals surface area contributed by atoms with E-state index >= 15 is 0 Å². The number of aryl methyl sites for hydroxylation is 1. The third kappa shape index (κ3) is 3.45. The molecule has 2 heterocycles. The van der Waals surface area contributed by atoms with Crippen LogP contribution in [-0.2, 0) is 0 Å². The van der Waals surface area contributed by atoms with Gasteiger partial charge in [0.2, 0.25) is 0 Å². The molecule has 0 radical (unpaired) electrons. The minimum absolute atomic E-state index is 0.0940. The Kier molecular flexibility index (Phi) is 4.90. The maximum absolute atomic E-state index is 12.2. The first-order valence-corrected chi connectivity index (χ1v) is 7.81. The van der Waals surface area contributed by atoms with Gasteiger partial charge in [0.15, 0.2) is 0 Å². The summed E-state index contributed by atoms with van der Waals surface area (Å²) in [5, 5.41) is 5.74. The molecule has 1 amide bonds. The van der Waals surface area contributed by atoms with Crippen molar-refractivity contribution in [3.8, 4) is 11.8 Å². The van der Waals surface area contributed by atoms with Gasteiger partial charge in [0.05, 0.1) is 22.3 Å². The topological polar surface area (TPSA) is 68.0 Å². The van der Waals surface area contributed by atoms with Crippen LogP contribution in [0.25, 0.3) is 0 Å². The van der Waals surface area contributed by atoms with E-state index in [9.17, 15) is 4.79 Å². The average molecular weight is 305 g/mol. The Balaban J connectivity index is 2.10. The van der Waals surface area contributed by atoms with Crippen LogP contribution < -0.4 is 11.1 Å². The van der Waals surface area contributed by atoms with E-state index in [1.807, 2.05) is 25.3 Å². The minimum Gasteiger partial charge on any atom is -0.342 e. The van der Waals surface area contributed by atoms with Crippen LogP contribution in [0.1, 0.15) is 38.1 Å². The summed E-state index contributed by atoms with van der Waals surface area (Å²) in [5.74, 6) is 5.70. The molecule has 2 rings (SSSR count). The number of nitrogens with one attached hydrogen (secondary N) is 1. The van der Waals surface area contributed by atoms with E-state index in [4.69, 9.17) is 5.73 Å². The summed E-state index contributed by atoms with van der Waals surface area (Å²) >= 11 is 2.92. The fourth-order valence-electron chi connectivity index (χ4n) is 1.63. The predicted octanol–water partition coefficient (Wildman–Crippen LogP) is 2.31. The average Bonchev–Trinajstić information content (AvgIpc) is 3.06. The molecule has 20 heavy (non-hydrogen) atoms. The van der Waals surface area contributed by atoms with Gasteiger partial charge in [-0.2, -0.15) is 0 Å². The molecule has 0 fully saturated rings. The molecular formula is C14H15N3OS2. The lowest BCUT2D eigenvalue weighted by Crippen LogP contribution is -2.25. The molecule has 104 valence electrons. The molecule has 4 nitrogen and oxygen atoms in total. The van der Waals surface area contributed by atoms with E-state index in [0.717, 1.165) is 15.4 Å². The summed E-state index contributed by atoms with van der Waals surface area (Å²) in [7, 11) is 0. The zero-order valence-electron chi connectivity index (χ0n) is 11.3. The van der Waals surface area contributed by atoms with Gasteiger partial charge in [0.25, 0.3) is 5.91 Å². The number of hydrogen-bond donors (Lipinski definition) is 2. The zero-order valence-corrected chi connectivity index (χ0v) is 12.9. The van der Waals surface area contributed by atoms with Crippen LogP contribution in [0.15, 0.2) is 17.6 Å². The van der Waals surface area contributed by atoms with Crippen LogP contribution in [0.2, 0.25) is 0 Å². The summed E-state index contributed by atoms with van der Waals surface area (Å²) in [6.45, 7) is 4.18. The molecule has 0 aromatic carbocycles. The summed E-state index contributed by atoms with van der Waals surface area (Å²) < 4.78 is 0. The Morgan fingerprint density at radius 3 is 3.05 bits per heavy atom. The van der Waals surface area contributed by atoms with Crippen LogP contribution in [-0.4, -0.2) is 17.4 Å². The van der Waals surface area contributed by atoms with E-state index in [2.05, 4.69) is 22.1 Å². The number of amides is 1. The van der Waals surface area contributed by atoms with Crippen molar-refractivity contribution in [1.29, 1.82) is 0 Å². The van der Waals surface area contributed by atoms with E-state index in [1.165, 1.54) is 22.7 Å². The van der Waals surface area contributed by atoms with Crippen LogP contribution in [0.5, 0.6) is 0 Å². The third-order valence-corrected chi connectivity index (χ3v) is 4.72. The Morgan fingerprint density at radius 1 is 1.60 bits per heavy atom. The molecule has 1 unspecified atom stereocenters. The maximum Gasteiger partial charge on any atom is 0.261 e. The Morgan fingerprint density at radius 2 is 2.40 bits per heavy atom.